The molecule has 0 unspecified atom stereocenters. The van der Waals surface area contributed by atoms with Crippen molar-refractivity contribution in [3.63, 3.8) is 0 Å². The molecule has 1 aliphatic heterocycles. The second-order valence-corrected chi connectivity index (χ2v) is 20.1. The third-order valence-electron chi connectivity index (χ3n) is 13.2. The van der Waals surface area contributed by atoms with Crippen LogP contribution in [0.3, 0.4) is 0 Å². The number of ether oxygens (including phenoxy) is 1. The van der Waals surface area contributed by atoms with Gasteiger partial charge in [-0.25, -0.2) is 0 Å². The van der Waals surface area contributed by atoms with E-state index in [0.717, 1.165) is 68.4 Å². The molecule has 70 heavy (non-hydrogen) atoms. The number of halogens is 3. The molecule has 7 rings (SSSR count). The number of hydrogen-bond donors (Lipinski definition) is 2. The third-order valence-corrected chi connectivity index (χ3v) is 14.1. The number of aromatic nitrogens is 3. The van der Waals surface area contributed by atoms with Gasteiger partial charge in [-0.1, -0.05) is 132 Å². The lowest BCUT2D eigenvalue weighted by Crippen LogP contribution is -2.46. The summed E-state index contributed by atoms with van der Waals surface area (Å²) in [4.78, 5) is 28.5. The van der Waals surface area contributed by atoms with Gasteiger partial charge in [0.1, 0.15) is 29.5 Å². The molecule has 0 bridgehead atoms. The molecule has 1 saturated heterocycles. The number of piperidine rings is 1. The van der Waals surface area contributed by atoms with Crippen molar-refractivity contribution < 1.29 is 24.0 Å². The Morgan fingerprint density at radius 2 is 1.41 bits per heavy atom. The van der Waals surface area contributed by atoms with Crippen LogP contribution in [0.1, 0.15) is 162 Å². The molecule has 0 radical (unpaired) electrons. The maximum absolute atomic E-state index is 13.6. The molecular formula is C57H68Cl3N5O5. The summed E-state index contributed by atoms with van der Waals surface area (Å²) in [5.41, 5.74) is 2.69. The lowest BCUT2D eigenvalue weighted by Gasteiger charge is -2.44. The normalized spacial score (nSPS) is 19.1. The molecule has 372 valence electrons. The van der Waals surface area contributed by atoms with Crippen molar-refractivity contribution >= 4 is 46.6 Å². The van der Waals surface area contributed by atoms with Gasteiger partial charge in [-0.05, 0) is 128 Å². The van der Waals surface area contributed by atoms with Gasteiger partial charge in [0.15, 0.2) is 0 Å². The summed E-state index contributed by atoms with van der Waals surface area (Å²) in [6.07, 6.45) is 37.4. The Kier molecular flexibility index (Phi) is 19.4. The molecule has 2 aliphatic carbocycles. The number of allylic oxidation sites excluding steroid dienone is 12. The second kappa shape index (κ2) is 25.8. The quantitative estimate of drug-likeness (QED) is 0.0670. The highest BCUT2D eigenvalue weighted by atomic mass is 35.5. The number of likely N-dealkylation sites (tertiary alicyclic amines) is 1. The van der Waals surface area contributed by atoms with E-state index < -0.39 is 5.60 Å². The summed E-state index contributed by atoms with van der Waals surface area (Å²) < 4.78 is 14.0. The molecule has 13 heteroatoms. The summed E-state index contributed by atoms with van der Waals surface area (Å²) in [5, 5.41) is 25.5. The van der Waals surface area contributed by atoms with Crippen LogP contribution in [-0.2, 0) is 17.0 Å². The Balaban J connectivity index is 0.820. The van der Waals surface area contributed by atoms with E-state index in [2.05, 4.69) is 90.3 Å². The number of benzene rings is 2. The first-order valence-corrected chi connectivity index (χ1v) is 26.2. The van der Waals surface area contributed by atoms with Gasteiger partial charge in [0.25, 0.3) is 5.91 Å². The number of aliphatic hydroxyl groups is 1. The maximum Gasteiger partial charge on any atom is 0.272 e. The molecule has 2 aromatic carbocycles. The summed E-state index contributed by atoms with van der Waals surface area (Å²) in [7, 11) is 0. The van der Waals surface area contributed by atoms with Crippen molar-refractivity contribution in [1.82, 2.24) is 25.2 Å². The molecule has 3 aliphatic rings. The van der Waals surface area contributed by atoms with E-state index in [1.807, 2.05) is 41.6 Å². The van der Waals surface area contributed by atoms with Gasteiger partial charge in [-0.15, -0.1) is 0 Å². The first-order chi connectivity index (χ1) is 34.0. The van der Waals surface area contributed by atoms with Crippen LogP contribution in [0, 0.1) is 0 Å². The summed E-state index contributed by atoms with van der Waals surface area (Å²) in [6, 6.07) is 12.5. The van der Waals surface area contributed by atoms with Crippen LogP contribution < -0.4 is 10.1 Å². The minimum absolute atomic E-state index is 0.00717. The number of amides is 2. The van der Waals surface area contributed by atoms with Crippen molar-refractivity contribution in [2.75, 3.05) is 13.1 Å². The SMILES string of the molecule is CCC=CCC=CCC=CCC=CCC=CCC=CCCC(=O)N1CCC(NC(=O)c2cc(C3CC(O)(c4ccc(OCc5c(-c6c(Cl)cccc6Cl)noc5C5CC5)cc4Cl)C3)n(C(C)C)n2)CC1. The smallest absolute Gasteiger partial charge is 0.272 e. The largest absolute Gasteiger partial charge is 0.489 e. The zero-order valence-electron chi connectivity index (χ0n) is 40.8. The molecule has 2 N–H and O–H groups in total. The second-order valence-electron chi connectivity index (χ2n) is 18.9. The van der Waals surface area contributed by atoms with Crippen molar-refractivity contribution in [2.24, 2.45) is 0 Å². The van der Waals surface area contributed by atoms with Crippen molar-refractivity contribution in [3.05, 3.63) is 159 Å². The molecule has 0 atom stereocenters. The highest BCUT2D eigenvalue weighted by molar-refractivity contribution is 6.39. The average Bonchev–Trinajstić information content (AvgIpc) is 3.94. The molecule has 2 saturated carbocycles. The topological polar surface area (TPSA) is 123 Å². The van der Waals surface area contributed by atoms with E-state index in [0.29, 0.717) is 94.9 Å². The Labute approximate surface area is 429 Å². The van der Waals surface area contributed by atoms with Crippen LogP contribution in [0.15, 0.2) is 120 Å². The first kappa shape index (κ1) is 52.7. The van der Waals surface area contributed by atoms with E-state index in [4.69, 9.17) is 49.2 Å². The van der Waals surface area contributed by atoms with Gasteiger partial charge in [-0.3, -0.25) is 14.3 Å². The number of nitrogens with zero attached hydrogens (tertiary/aromatic N) is 4. The minimum atomic E-state index is -1.16. The molecule has 3 heterocycles. The van der Waals surface area contributed by atoms with Gasteiger partial charge < -0.3 is 24.6 Å². The summed E-state index contributed by atoms with van der Waals surface area (Å²) in [5.74, 6) is 1.49. The monoisotopic (exact) mass is 1010 g/mol. The predicted octanol–water partition coefficient (Wildman–Crippen LogP) is 14.5. The fourth-order valence-electron chi connectivity index (χ4n) is 9.13. The fourth-order valence-corrected chi connectivity index (χ4v) is 10.0. The molecule has 0 spiro atoms. The van der Waals surface area contributed by atoms with Crippen LogP contribution in [0.25, 0.3) is 11.3 Å². The van der Waals surface area contributed by atoms with Crippen LogP contribution in [0.4, 0.5) is 0 Å². The molecular weight excluding hydrogens is 941 g/mol. The third kappa shape index (κ3) is 14.3. The van der Waals surface area contributed by atoms with Crippen molar-refractivity contribution in [3.8, 4) is 17.0 Å². The minimum Gasteiger partial charge on any atom is -0.489 e. The Morgan fingerprint density at radius 1 is 0.814 bits per heavy atom. The van der Waals surface area contributed by atoms with Crippen LogP contribution in [0.5, 0.6) is 5.75 Å². The number of nitrogens with one attached hydrogen (secondary N) is 1. The van der Waals surface area contributed by atoms with Crippen molar-refractivity contribution in [2.45, 2.75) is 147 Å². The van der Waals surface area contributed by atoms with Gasteiger partial charge >= 0.3 is 0 Å². The molecule has 4 aromatic rings. The van der Waals surface area contributed by atoms with Gasteiger partial charge in [0.2, 0.25) is 5.91 Å². The van der Waals surface area contributed by atoms with Crippen LogP contribution in [-0.4, -0.2) is 55.9 Å². The number of carbonyl (C=O) groups is 2. The maximum atomic E-state index is 13.6. The lowest BCUT2D eigenvalue weighted by atomic mass is 9.66. The van der Waals surface area contributed by atoms with Gasteiger partial charge in [0.05, 0.1) is 26.2 Å². The fraction of sp³-hybridized carbons (Fsp3) is 0.439. The van der Waals surface area contributed by atoms with E-state index >= 15 is 0 Å². The Bertz CT molecular complexity index is 2550. The zero-order valence-corrected chi connectivity index (χ0v) is 43.1. The Hall–Kier alpha value is -5.13. The van der Waals surface area contributed by atoms with Gasteiger partial charge in [0, 0.05) is 60.3 Å². The summed E-state index contributed by atoms with van der Waals surface area (Å²) in [6.45, 7) is 7.61. The number of rotatable bonds is 24. The van der Waals surface area contributed by atoms with Crippen LogP contribution in [0.2, 0.25) is 15.1 Å². The first-order valence-electron chi connectivity index (χ1n) is 25.1. The summed E-state index contributed by atoms with van der Waals surface area (Å²) >= 11 is 20.0. The highest BCUT2D eigenvalue weighted by Gasteiger charge is 2.47. The van der Waals surface area contributed by atoms with Gasteiger partial charge in [-0.2, -0.15) is 5.10 Å². The molecule has 10 nitrogen and oxygen atoms in total. The zero-order chi connectivity index (χ0) is 49.5. The molecule has 3 fully saturated rings. The molecule has 2 amide bonds. The lowest BCUT2D eigenvalue weighted by molar-refractivity contribution is -0.132. The predicted molar refractivity (Wildman–Crippen MR) is 283 cm³/mol. The standard InChI is InChI=1S/C57H68Cl3N5O5/c1-4-5-6-7-8-9-10-11-12-13-14-15-16-17-18-19-20-21-22-26-52(66)64-33-31-43(32-34-64)61-56(67)50-36-51(65(62-50)40(2)3)42-37-57(68,38-42)46-30-29-44(35-49(46)60)69-39-45-54(63-70-55(45)41-27-28-41)53-47(58)24-23-25-48(53)59/h5-6,8-9,11-12,14-15,17-18,20-21,23-25,29-30,35-36,40-43,68H,4,7,10,13,16,19,22,26-28,31-34,37-39H2,1-3H3,(H,61,67). The van der Waals surface area contributed by atoms with E-state index in [1.54, 1.807) is 24.3 Å². The average molecular weight is 1010 g/mol. The van der Waals surface area contributed by atoms with Crippen molar-refractivity contribution in [1.29, 1.82) is 0 Å². The molecule has 2 aromatic heterocycles. The highest BCUT2D eigenvalue weighted by Crippen LogP contribution is 2.53. The number of carbonyl (C=O) groups excluding carboxylic acids is 2. The Morgan fingerprint density at radius 3 is 1.99 bits per heavy atom. The van der Waals surface area contributed by atoms with E-state index in [1.165, 1.54) is 0 Å². The van der Waals surface area contributed by atoms with Crippen LogP contribution >= 0.6 is 34.8 Å². The number of hydrogen-bond acceptors (Lipinski definition) is 7. The van der Waals surface area contributed by atoms with E-state index in [9.17, 15) is 14.7 Å². The van der Waals surface area contributed by atoms with E-state index in [-0.39, 0.29) is 42.3 Å².